The fourth-order valence-corrected chi connectivity index (χ4v) is 2.52. The summed E-state index contributed by atoms with van der Waals surface area (Å²) in [5.41, 5.74) is 1.40. The maximum absolute atomic E-state index is 12.0. The number of hydrogen-bond acceptors (Lipinski definition) is 5. The third-order valence-corrected chi connectivity index (χ3v) is 3.64. The maximum Gasteiger partial charge on any atom is 0.287 e. The van der Waals surface area contributed by atoms with Gasteiger partial charge in [0.1, 0.15) is 18.1 Å². The summed E-state index contributed by atoms with van der Waals surface area (Å²) in [6.07, 6.45) is 0.482. The molecular formula is C19H21N3O4. The van der Waals surface area contributed by atoms with Crippen LogP contribution in [0.3, 0.4) is 0 Å². The Morgan fingerprint density at radius 2 is 2.00 bits per heavy atom. The molecule has 0 radical (unpaired) electrons. The predicted octanol–water partition coefficient (Wildman–Crippen LogP) is 3.16. The summed E-state index contributed by atoms with van der Waals surface area (Å²) >= 11 is 0. The molecule has 26 heavy (non-hydrogen) atoms. The SMILES string of the molecule is Cc1cc2nc(COc3ccc(NC(=O)CC(C)C)cc3)cc(=O)n2o1. The zero-order valence-electron chi connectivity index (χ0n) is 15.0. The second-order valence-corrected chi connectivity index (χ2v) is 6.54. The van der Waals surface area contributed by atoms with Gasteiger partial charge in [0.15, 0.2) is 5.65 Å². The molecule has 0 saturated carbocycles. The van der Waals surface area contributed by atoms with E-state index in [4.69, 9.17) is 9.26 Å². The van der Waals surface area contributed by atoms with Crippen LogP contribution >= 0.6 is 0 Å². The molecule has 136 valence electrons. The largest absolute Gasteiger partial charge is 0.487 e. The summed E-state index contributed by atoms with van der Waals surface area (Å²) in [4.78, 5) is 28.1. The highest BCUT2D eigenvalue weighted by Crippen LogP contribution is 2.17. The molecule has 0 saturated heterocycles. The van der Waals surface area contributed by atoms with Gasteiger partial charge >= 0.3 is 0 Å². The molecule has 1 aromatic carbocycles. The molecule has 0 unspecified atom stereocenters. The minimum Gasteiger partial charge on any atom is -0.487 e. The van der Waals surface area contributed by atoms with Crippen molar-refractivity contribution in [2.45, 2.75) is 33.8 Å². The quantitative estimate of drug-likeness (QED) is 0.734. The van der Waals surface area contributed by atoms with Gasteiger partial charge in [-0.1, -0.05) is 13.8 Å². The van der Waals surface area contributed by atoms with Crippen molar-refractivity contribution in [2.75, 3.05) is 5.32 Å². The van der Waals surface area contributed by atoms with E-state index in [1.54, 1.807) is 37.3 Å². The van der Waals surface area contributed by atoms with Crippen molar-refractivity contribution < 1.29 is 14.1 Å². The number of hydrogen-bond donors (Lipinski definition) is 1. The number of anilines is 1. The summed E-state index contributed by atoms with van der Waals surface area (Å²) in [5, 5.41) is 2.84. The van der Waals surface area contributed by atoms with Crippen molar-refractivity contribution in [3.63, 3.8) is 0 Å². The van der Waals surface area contributed by atoms with E-state index < -0.39 is 0 Å². The number of amides is 1. The fraction of sp³-hybridized carbons (Fsp3) is 0.316. The molecule has 0 aliphatic heterocycles. The topological polar surface area (TPSA) is 85.8 Å². The number of carbonyl (C=O) groups is 1. The molecule has 0 aliphatic carbocycles. The molecular weight excluding hydrogens is 334 g/mol. The van der Waals surface area contributed by atoms with Gasteiger partial charge in [-0.3, -0.25) is 9.59 Å². The minimum atomic E-state index is -0.287. The van der Waals surface area contributed by atoms with Crippen LogP contribution in [0.1, 0.15) is 31.7 Å². The summed E-state index contributed by atoms with van der Waals surface area (Å²) in [6, 6.07) is 10.2. The first-order chi connectivity index (χ1) is 12.4. The van der Waals surface area contributed by atoms with Gasteiger partial charge in [-0.15, -0.1) is 4.57 Å². The normalized spacial score (nSPS) is 11.1. The van der Waals surface area contributed by atoms with Crippen LogP contribution in [-0.2, 0) is 11.4 Å². The zero-order valence-corrected chi connectivity index (χ0v) is 15.0. The number of benzene rings is 1. The lowest BCUT2D eigenvalue weighted by Crippen LogP contribution is -2.14. The molecule has 0 spiro atoms. The van der Waals surface area contributed by atoms with Crippen LogP contribution in [0.4, 0.5) is 5.69 Å². The van der Waals surface area contributed by atoms with Crippen molar-refractivity contribution in [3.8, 4) is 5.75 Å². The van der Waals surface area contributed by atoms with Gasteiger partial charge in [0.2, 0.25) is 5.91 Å². The Morgan fingerprint density at radius 3 is 2.69 bits per heavy atom. The highest BCUT2D eigenvalue weighted by atomic mass is 16.5. The average Bonchev–Trinajstić information content (AvgIpc) is 2.94. The molecule has 0 atom stereocenters. The highest BCUT2D eigenvalue weighted by Gasteiger charge is 2.08. The maximum atomic E-state index is 12.0. The molecule has 7 nitrogen and oxygen atoms in total. The lowest BCUT2D eigenvalue weighted by Gasteiger charge is -2.09. The zero-order chi connectivity index (χ0) is 18.7. The second kappa shape index (κ2) is 7.43. The number of nitrogens with zero attached hydrogens (tertiary/aromatic N) is 2. The number of fused-ring (bicyclic) bond motifs is 1. The molecule has 0 fully saturated rings. The van der Waals surface area contributed by atoms with Gasteiger partial charge in [0.25, 0.3) is 5.56 Å². The van der Waals surface area contributed by atoms with Crippen molar-refractivity contribution in [3.05, 3.63) is 58.2 Å². The van der Waals surface area contributed by atoms with Gasteiger partial charge in [0.05, 0.1) is 5.69 Å². The van der Waals surface area contributed by atoms with E-state index in [9.17, 15) is 9.59 Å². The Balaban J connectivity index is 1.63. The van der Waals surface area contributed by atoms with Crippen LogP contribution in [-0.4, -0.2) is 15.5 Å². The van der Waals surface area contributed by atoms with E-state index in [0.29, 0.717) is 35.2 Å². The van der Waals surface area contributed by atoms with E-state index in [1.807, 2.05) is 13.8 Å². The van der Waals surface area contributed by atoms with Gasteiger partial charge < -0.3 is 14.6 Å². The van der Waals surface area contributed by atoms with Crippen LogP contribution in [0, 0.1) is 12.8 Å². The number of carbonyl (C=O) groups excluding carboxylic acids is 1. The van der Waals surface area contributed by atoms with Crippen molar-refractivity contribution >= 4 is 17.2 Å². The minimum absolute atomic E-state index is 0.0120. The smallest absolute Gasteiger partial charge is 0.287 e. The second-order valence-electron chi connectivity index (χ2n) is 6.54. The van der Waals surface area contributed by atoms with Crippen molar-refractivity contribution in [1.82, 2.24) is 9.56 Å². The van der Waals surface area contributed by atoms with Crippen molar-refractivity contribution in [2.24, 2.45) is 5.92 Å². The monoisotopic (exact) mass is 355 g/mol. The first-order valence-corrected chi connectivity index (χ1v) is 8.43. The Labute approximate surface area is 150 Å². The number of ether oxygens (including phenoxy) is 1. The van der Waals surface area contributed by atoms with E-state index in [0.717, 1.165) is 10.3 Å². The molecule has 2 aromatic heterocycles. The number of rotatable bonds is 6. The summed E-state index contributed by atoms with van der Waals surface area (Å²) in [5.74, 6) is 1.53. The lowest BCUT2D eigenvalue weighted by atomic mass is 10.1. The predicted molar refractivity (Wildman–Crippen MR) is 97.3 cm³/mol. The van der Waals surface area contributed by atoms with Gasteiger partial charge in [-0.25, -0.2) is 4.98 Å². The lowest BCUT2D eigenvalue weighted by molar-refractivity contribution is -0.116. The number of aromatic nitrogens is 2. The van der Waals surface area contributed by atoms with E-state index in [-0.39, 0.29) is 18.1 Å². The molecule has 1 amide bonds. The Hall–Kier alpha value is -3.09. The Kier molecular flexibility index (Phi) is 5.06. The average molecular weight is 355 g/mol. The van der Waals surface area contributed by atoms with E-state index >= 15 is 0 Å². The molecule has 3 rings (SSSR count). The Morgan fingerprint density at radius 1 is 1.27 bits per heavy atom. The molecule has 0 aliphatic rings. The highest BCUT2D eigenvalue weighted by molar-refractivity contribution is 5.90. The summed E-state index contributed by atoms with van der Waals surface area (Å²) in [6.45, 7) is 5.91. The Bertz CT molecular complexity index is 971. The summed E-state index contributed by atoms with van der Waals surface area (Å²) in [7, 11) is 0. The van der Waals surface area contributed by atoms with Crippen LogP contribution in [0.5, 0.6) is 5.75 Å². The summed E-state index contributed by atoms with van der Waals surface area (Å²) < 4.78 is 12.1. The van der Waals surface area contributed by atoms with E-state index in [2.05, 4.69) is 10.3 Å². The molecule has 1 N–H and O–H groups in total. The number of nitrogens with one attached hydrogen (secondary N) is 1. The van der Waals surface area contributed by atoms with Crippen LogP contribution < -0.4 is 15.6 Å². The van der Waals surface area contributed by atoms with Crippen LogP contribution in [0.25, 0.3) is 5.65 Å². The van der Waals surface area contributed by atoms with Crippen LogP contribution in [0.15, 0.2) is 45.7 Å². The van der Waals surface area contributed by atoms with Gasteiger partial charge in [-0.05, 0) is 37.1 Å². The number of aryl methyl sites for hydroxylation is 1. The molecule has 0 bridgehead atoms. The standard InChI is InChI=1S/C19H21N3O4/c1-12(2)8-18(23)21-14-4-6-16(7-5-14)25-11-15-10-19(24)22-17(20-15)9-13(3)26-22/h4-7,9-10,12H,8,11H2,1-3H3,(H,21,23). The van der Waals surface area contributed by atoms with Gasteiger partial charge in [0, 0.05) is 24.2 Å². The first-order valence-electron chi connectivity index (χ1n) is 8.43. The molecule has 7 heteroatoms. The third-order valence-electron chi connectivity index (χ3n) is 3.64. The van der Waals surface area contributed by atoms with Crippen molar-refractivity contribution in [1.29, 1.82) is 0 Å². The van der Waals surface area contributed by atoms with Gasteiger partial charge in [-0.2, -0.15) is 0 Å². The molecule has 3 aromatic rings. The third kappa shape index (κ3) is 4.30. The molecule has 2 heterocycles. The fourth-order valence-electron chi connectivity index (χ4n) is 2.52. The van der Waals surface area contributed by atoms with Crippen LogP contribution in [0.2, 0.25) is 0 Å². The van der Waals surface area contributed by atoms with E-state index in [1.165, 1.54) is 6.07 Å². The first kappa shape index (κ1) is 17.7.